The molecule has 1 N–H and O–H groups in total. The van der Waals surface area contributed by atoms with Crippen molar-refractivity contribution in [2.45, 2.75) is 20.8 Å². The second-order valence-corrected chi connectivity index (χ2v) is 4.80. The van der Waals surface area contributed by atoms with E-state index in [4.69, 9.17) is 11.6 Å². The zero-order valence-corrected chi connectivity index (χ0v) is 12.9. The molecule has 20 heavy (non-hydrogen) atoms. The molecule has 0 aromatic carbocycles. The molecule has 0 spiro atoms. The monoisotopic (exact) mass is 292 g/mol. The number of aromatic nitrogens is 2. The second-order valence-electron chi connectivity index (χ2n) is 4.37. The predicted octanol–water partition coefficient (Wildman–Crippen LogP) is 3.77. The Morgan fingerprint density at radius 1 is 1.50 bits per heavy atom. The van der Waals surface area contributed by atoms with Crippen molar-refractivity contribution in [3.05, 3.63) is 35.3 Å². The molecule has 1 heterocycles. The first-order valence-corrected chi connectivity index (χ1v) is 7.09. The lowest BCUT2D eigenvalue weighted by Gasteiger charge is -2.09. The van der Waals surface area contributed by atoms with Crippen LogP contribution in [0.15, 0.2) is 34.6 Å². The molecule has 0 radical (unpaired) electrons. The molecule has 0 bridgehead atoms. The summed E-state index contributed by atoms with van der Waals surface area (Å²) >= 11 is 6.05. The number of allylic oxidation sites excluding steroid dienone is 2. The smallest absolute Gasteiger partial charge is 0.129 e. The third-order valence-corrected chi connectivity index (χ3v) is 2.70. The molecule has 0 aliphatic rings. The second kappa shape index (κ2) is 9.26. The van der Waals surface area contributed by atoms with Gasteiger partial charge in [0.15, 0.2) is 0 Å². The number of hydrogen-bond donors (Lipinski definition) is 1. The average molecular weight is 293 g/mol. The summed E-state index contributed by atoms with van der Waals surface area (Å²) in [6.45, 7) is 7.52. The molecular weight excluding hydrogens is 272 g/mol. The Morgan fingerprint density at radius 2 is 2.30 bits per heavy atom. The van der Waals surface area contributed by atoms with Gasteiger partial charge in [0.25, 0.3) is 0 Å². The van der Waals surface area contributed by atoms with Crippen molar-refractivity contribution in [2.24, 2.45) is 10.9 Å². The van der Waals surface area contributed by atoms with Crippen LogP contribution in [-0.2, 0) is 0 Å². The summed E-state index contributed by atoms with van der Waals surface area (Å²) in [5.41, 5.74) is 0.890. The Morgan fingerprint density at radius 3 is 3.00 bits per heavy atom. The summed E-state index contributed by atoms with van der Waals surface area (Å²) in [6, 6.07) is 1.91. The summed E-state index contributed by atoms with van der Waals surface area (Å²) in [7, 11) is 0. The third-order valence-electron chi connectivity index (χ3n) is 2.47. The fourth-order valence-electron chi connectivity index (χ4n) is 1.55. The molecule has 0 fully saturated rings. The van der Waals surface area contributed by atoms with Crippen LogP contribution in [0.5, 0.6) is 0 Å². The van der Waals surface area contributed by atoms with E-state index in [0.717, 1.165) is 24.6 Å². The van der Waals surface area contributed by atoms with E-state index in [1.54, 1.807) is 12.5 Å². The van der Waals surface area contributed by atoms with Crippen LogP contribution < -0.4 is 5.32 Å². The minimum absolute atomic E-state index is 0.283. The molecule has 108 valence electrons. The highest BCUT2D eigenvalue weighted by atomic mass is 35.5. The van der Waals surface area contributed by atoms with Gasteiger partial charge >= 0.3 is 0 Å². The molecule has 0 amide bonds. The van der Waals surface area contributed by atoms with Crippen LogP contribution in [0.25, 0.3) is 6.08 Å². The maximum Gasteiger partial charge on any atom is 0.129 e. The quantitative estimate of drug-likeness (QED) is 0.778. The van der Waals surface area contributed by atoms with Gasteiger partial charge in [0.1, 0.15) is 12.1 Å². The zero-order chi connectivity index (χ0) is 14.8. The van der Waals surface area contributed by atoms with Crippen LogP contribution in [0.3, 0.4) is 0 Å². The van der Waals surface area contributed by atoms with Crippen molar-refractivity contribution in [2.75, 3.05) is 18.4 Å². The first-order valence-electron chi connectivity index (χ1n) is 6.71. The van der Waals surface area contributed by atoms with E-state index in [0.29, 0.717) is 5.03 Å². The number of aliphatic imine (C=N–C) groups is 1. The molecule has 1 atom stereocenters. The summed E-state index contributed by atoms with van der Waals surface area (Å²) in [4.78, 5) is 12.4. The lowest BCUT2D eigenvalue weighted by molar-refractivity contribution is 0.766. The number of hydrogen-bond acceptors (Lipinski definition) is 4. The summed E-state index contributed by atoms with van der Waals surface area (Å²) in [6.07, 6.45) is 9.10. The van der Waals surface area contributed by atoms with Gasteiger partial charge in [-0.05, 0) is 25.8 Å². The van der Waals surface area contributed by atoms with Crippen LogP contribution in [0.1, 0.15) is 26.5 Å². The first kappa shape index (κ1) is 16.4. The fourth-order valence-corrected chi connectivity index (χ4v) is 1.83. The van der Waals surface area contributed by atoms with Gasteiger partial charge in [-0.15, -0.1) is 0 Å². The summed E-state index contributed by atoms with van der Waals surface area (Å²) in [5, 5.41) is 3.94. The maximum atomic E-state index is 6.05. The lowest BCUT2D eigenvalue weighted by Crippen LogP contribution is -2.11. The molecule has 0 saturated heterocycles. The van der Waals surface area contributed by atoms with Gasteiger partial charge in [-0.1, -0.05) is 30.7 Å². The van der Waals surface area contributed by atoms with Crippen LogP contribution >= 0.6 is 11.6 Å². The van der Waals surface area contributed by atoms with Crippen molar-refractivity contribution in [3.63, 3.8) is 0 Å². The molecular formula is C15H21ClN4. The van der Waals surface area contributed by atoms with E-state index in [1.807, 2.05) is 38.1 Å². The zero-order valence-electron chi connectivity index (χ0n) is 12.2. The number of rotatable bonds is 7. The van der Waals surface area contributed by atoms with Gasteiger partial charge in [-0.25, -0.2) is 9.97 Å². The van der Waals surface area contributed by atoms with Crippen molar-refractivity contribution < 1.29 is 0 Å². The number of nitrogens with one attached hydrogen (secondary N) is 1. The molecule has 1 rings (SSSR count). The Bertz CT molecular complexity index is 494. The fraction of sp³-hybridized carbons (Fsp3) is 0.400. The molecule has 0 saturated carbocycles. The average Bonchev–Trinajstić information content (AvgIpc) is 2.44. The van der Waals surface area contributed by atoms with Gasteiger partial charge in [0.05, 0.1) is 10.7 Å². The minimum atomic E-state index is 0.283. The van der Waals surface area contributed by atoms with Crippen LogP contribution in [0.4, 0.5) is 5.82 Å². The normalized spacial score (nSPS) is 14.1. The number of halogens is 1. The van der Waals surface area contributed by atoms with Gasteiger partial charge in [-0.2, -0.15) is 0 Å². The Balaban J connectivity index is 2.54. The van der Waals surface area contributed by atoms with Crippen molar-refractivity contribution >= 4 is 29.7 Å². The highest BCUT2D eigenvalue weighted by molar-refractivity contribution is 6.39. The molecule has 0 aliphatic heterocycles. The Kier molecular flexibility index (Phi) is 7.58. The van der Waals surface area contributed by atoms with Gasteiger partial charge in [0.2, 0.25) is 0 Å². The SMILES string of the molecule is C/C=C\c1cc(NCC(C)/C=C(/Cl)C=NCC)ncn1. The van der Waals surface area contributed by atoms with Crippen LogP contribution in [-0.4, -0.2) is 29.3 Å². The molecule has 5 heteroatoms. The molecule has 0 aliphatic carbocycles. The number of nitrogens with zero attached hydrogens (tertiary/aromatic N) is 3. The van der Waals surface area contributed by atoms with E-state index in [9.17, 15) is 0 Å². The highest BCUT2D eigenvalue weighted by Crippen LogP contribution is 2.09. The minimum Gasteiger partial charge on any atom is -0.369 e. The molecule has 4 nitrogen and oxygen atoms in total. The van der Waals surface area contributed by atoms with Gasteiger partial charge < -0.3 is 5.32 Å². The van der Waals surface area contributed by atoms with Crippen molar-refractivity contribution in [1.29, 1.82) is 0 Å². The molecule has 1 aromatic rings. The van der Waals surface area contributed by atoms with E-state index >= 15 is 0 Å². The van der Waals surface area contributed by atoms with Crippen molar-refractivity contribution in [1.82, 2.24) is 9.97 Å². The van der Waals surface area contributed by atoms with Gasteiger partial charge in [-0.3, -0.25) is 4.99 Å². The van der Waals surface area contributed by atoms with Crippen molar-refractivity contribution in [3.8, 4) is 0 Å². The molecule has 1 aromatic heterocycles. The first-order chi connectivity index (χ1) is 9.65. The molecule has 1 unspecified atom stereocenters. The maximum absolute atomic E-state index is 6.05. The van der Waals surface area contributed by atoms with Crippen LogP contribution in [0.2, 0.25) is 0 Å². The van der Waals surface area contributed by atoms with E-state index in [2.05, 4.69) is 27.2 Å². The summed E-state index contributed by atoms with van der Waals surface area (Å²) in [5.74, 6) is 1.10. The lowest BCUT2D eigenvalue weighted by atomic mass is 10.1. The topological polar surface area (TPSA) is 50.2 Å². The van der Waals surface area contributed by atoms with Gasteiger partial charge in [0, 0.05) is 25.4 Å². The third kappa shape index (κ3) is 6.48. The standard InChI is InChI=1S/C15H21ClN4/c1-4-6-14-8-15(20-11-19-14)18-9-12(3)7-13(16)10-17-5-2/h4,6-8,10-12H,5,9H2,1-3H3,(H,18,19,20)/b6-4-,13-7+,17-10?. The van der Waals surface area contributed by atoms with Crippen LogP contribution in [0, 0.1) is 5.92 Å². The van der Waals surface area contributed by atoms with E-state index in [1.165, 1.54) is 0 Å². The largest absolute Gasteiger partial charge is 0.369 e. The summed E-state index contributed by atoms with van der Waals surface area (Å²) < 4.78 is 0. The Hall–Kier alpha value is -1.68. The predicted molar refractivity (Wildman–Crippen MR) is 87.4 cm³/mol. The Labute approximate surface area is 125 Å². The van der Waals surface area contributed by atoms with E-state index in [-0.39, 0.29) is 5.92 Å². The highest BCUT2D eigenvalue weighted by Gasteiger charge is 2.01. The number of anilines is 1. The van der Waals surface area contributed by atoms with E-state index < -0.39 is 0 Å².